The largest absolute Gasteiger partial charge is 0.492 e. The molecule has 0 fully saturated rings. The smallest absolute Gasteiger partial charge is 0.260 e. The zero-order valence-electron chi connectivity index (χ0n) is 16.1. The number of nitrogens with zero attached hydrogens (tertiary/aromatic N) is 1. The van der Waals surface area contributed by atoms with E-state index in [1.807, 2.05) is 0 Å². The van der Waals surface area contributed by atoms with Crippen LogP contribution in [0.3, 0.4) is 0 Å². The van der Waals surface area contributed by atoms with Gasteiger partial charge in [-0.05, 0) is 25.1 Å². The standard InChI is InChI=1S/C20H19N3O6S/c1-12-15(4-6-26-12)19(25)23-20-22-13(10-30-20)8-18(24)21-5-7-27-14-2-3-16-17(9-14)29-11-28-16/h2-4,6,9-10H,5,7-8,11H2,1H3,(H,21,24)(H,22,23,25). The Morgan fingerprint density at radius 1 is 1.23 bits per heavy atom. The third-order valence-electron chi connectivity index (χ3n) is 4.25. The van der Waals surface area contributed by atoms with Crippen molar-refractivity contribution in [2.75, 3.05) is 25.3 Å². The van der Waals surface area contributed by atoms with Crippen molar-refractivity contribution in [3.63, 3.8) is 0 Å². The molecule has 2 N–H and O–H groups in total. The predicted molar refractivity (Wildman–Crippen MR) is 108 cm³/mol. The fraction of sp³-hybridized carbons (Fsp3) is 0.250. The van der Waals surface area contributed by atoms with E-state index in [1.165, 1.54) is 17.6 Å². The van der Waals surface area contributed by atoms with Gasteiger partial charge in [-0.2, -0.15) is 0 Å². The van der Waals surface area contributed by atoms with Crippen molar-refractivity contribution in [1.29, 1.82) is 0 Å². The first-order chi connectivity index (χ1) is 14.6. The maximum absolute atomic E-state index is 12.2. The Labute approximate surface area is 176 Å². The number of rotatable bonds is 8. The average molecular weight is 429 g/mol. The number of thiazole rings is 1. The van der Waals surface area contributed by atoms with Gasteiger partial charge in [0.1, 0.15) is 18.1 Å². The van der Waals surface area contributed by atoms with Crippen LogP contribution in [0.15, 0.2) is 40.3 Å². The molecule has 10 heteroatoms. The summed E-state index contributed by atoms with van der Waals surface area (Å²) in [5.74, 6) is 2.03. The fourth-order valence-corrected chi connectivity index (χ4v) is 3.49. The molecule has 0 atom stereocenters. The highest BCUT2D eigenvalue weighted by molar-refractivity contribution is 7.14. The van der Waals surface area contributed by atoms with Gasteiger partial charge < -0.3 is 23.9 Å². The summed E-state index contributed by atoms with van der Waals surface area (Å²) in [5, 5.41) is 7.65. The van der Waals surface area contributed by atoms with Crippen LogP contribution in [0.4, 0.5) is 5.13 Å². The molecule has 9 nitrogen and oxygen atoms in total. The second-order valence-electron chi connectivity index (χ2n) is 6.38. The molecule has 0 spiro atoms. The van der Waals surface area contributed by atoms with Crippen LogP contribution >= 0.6 is 11.3 Å². The third-order valence-corrected chi connectivity index (χ3v) is 5.06. The first-order valence-corrected chi connectivity index (χ1v) is 10.1. The SMILES string of the molecule is Cc1occc1C(=O)Nc1nc(CC(=O)NCCOc2ccc3c(c2)OCO3)cs1. The molecule has 3 heterocycles. The van der Waals surface area contributed by atoms with E-state index in [0.717, 1.165) is 0 Å². The minimum Gasteiger partial charge on any atom is -0.492 e. The average Bonchev–Trinajstić information content (AvgIpc) is 3.46. The minimum atomic E-state index is -0.299. The molecule has 0 bridgehead atoms. The summed E-state index contributed by atoms with van der Waals surface area (Å²) >= 11 is 1.26. The summed E-state index contributed by atoms with van der Waals surface area (Å²) in [4.78, 5) is 28.5. The second kappa shape index (κ2) is 8.87. The van der Waals surface area contributed by atoms with Crippen LogP contribution in [0.1, 0.15) is 21.8 Å². The summed E-state index contributed by atoms with van der Waals surface area (Å²) in [6, 6.07) is 6.91. The molecule has 1 aliphatic heterocycles. The van der Waals surface area contributed by atoms with E-state index in [-0.39, 0.29) is 25.0 Å². The van der Waals surface area contributed by atoms with Crippen LogP contribution in [0.25, 0.3) is 0 Å². The van der Waals surface area contributed by atoms with Gasteiger partial charge in [0.05, 0.1) is 30.5 Å². The Morgan fingerprint density at radius 2 is 2.10 bits per heavy atom. The number of anilines is 1. The zero-order valence-corrected chi connectivity index (χ0v) is 16.9. The first-order valence-electron chi connectivity index (χ1n) is 9.17. The highest BCUT2D eigenvalue weighted by Gasteiger charge is 2.15. The van der Waals surface area contributed by atoms with Gasteiger partial charge >= 0.3 is 0 Å². The molecule has 1 aromatic carbocycles. The summed E-state index contributed by atoms with van der Waals surface area (Å²) in [5.41, 5.74) is 1.03. The normalized spacial score (nSPS) is 11.9. The summed E-state index contributed by atoms with van der Waals surface area (Å²) in [7, 11) is 0. The Hall–Kier alpha value is -3.53. The Kier molecular flexibility index (Phi) is 5.84. The monoisotopic (exact) mass is 429 g/mol. The van der Waals surface area contributed by atoms with E-state index in [2.05, 4.69) is 15.6 Å². The lowest BCUT2D eigenvalue weighted by Gasteiger charge is -2.08. The number of ether oxygens (including phenoxy) is 3. The Bertz CT molecular complexity index is 1060. The molecule has 30 heavy (non-hydrogen) atoms. The highest BCUT2D eigenvalue weighted by atomic mass is 32.1. The number of aryl methyl sites for hydroxylation is 1. The number of hydrogen-bond donors (Lipinski definition) is 2. The number of amides is 2. The molecular formula is C20H19N3O6S. The molecule has 2 aromatic heterocycles. The van der Waals surface area contributed by atoms with Crippen LogP contribution < -0.4 is 24.8 Å². The number of nitrogens with one attached hydrogen (secondary N) is 2. The second-order valence-corrected chi connectivity index (χ2v) is 7.24. The number of hydrogen-bond acceptors (Lipinski definition) is 8. The molecule has 4 rings (SSSR count). The zero-order chi connectivity index (χ0) is 20.9. The lowest BCUT2D eigenvalue weighted by molar-refractivity contribution is -0.120. The van der Waals surface area contributed by atoms with E-state index < -0.39 is 0 Å². The van der Waals surface area contributed by atoms with Gasteiger partial charge in [0, 0.05) is 11.4 Å². The van der Waals surface area contributed by atoms with E-state index in [9.17, 15) is 9.59 Å². The molecule has 0 aliphatic carbocycles. The van der Waals surface area contributed by atoms with E-state index in [0.29, 0.717) is 52.5 Å². The molecule has 1 aliphatic rings. The minimum absolute atomic E-state index is 0.112. The topological polar surface area (TPSA) is 112 Å². The maximum atomic E-state index is 12.2. The maximum Gasteiger partial charge on any atom is 0.260 e. The number of benzene rings is 1. The first kappa shape index (κ1) is 19.8. The summed E-state index contributed by atoms with van der Waals surface area (Å²) < 4.78 is 21.3. The van der Waals surface area contributed by atoms with Crippen molar-refractivity contribution in [3.8, 4) is 17.2 Å². The van der Waals surface area contributed by atoms with Crippen molar-refractivity contribution in [1.82, 2.24) is 10.3 Å². The van der Waals surface area contributed by atoms with Crippen molar-refractivity contribution < 1.29 is 28.2 Å². The lowest BCUT2D eigenvalue weighted by Crippen LogP contribution is -2.29. The quantitative estimate of drug-likeness (QED) is 0.530. The molecule has 2 amide bonds. The Balaban J connectivity index is 1.19. The molecular weight excluding hydrogens is 410 g/mol. The number of carbonyl (C=O) groups is 2. The third kappa shape index (κ3) is 4.71. The number of fused-ring (bicyclic) bond motifs is 1. The molecule has 0 unspecified atom stereocenters. The van der Waals surface area contributed by atoms with E-state index in [4.69, 9.17) is 18.6 Å². The number of carbonyl (C=O) groups excluding carboxylic acids is 2. The summed E-state index contributed by atoms with van der Waals surface area (Å²) in [6.07, 6.45) is 1.57. The highest BCUT2D eigenvalue weighted by Crippen LogP contribution is 2.35. The summed E-state index contributed by atoms with van der Waals surface area (Å²) in [6.45, 7) is 2.58. The predicted octanol–water partition coefficient (Wildman–Crippen LogP) is 2.76. The van der Waals surface area contributed by atoms with Crippen LogP contribution in [-0.2, 0) is 11.2 Å². The molecule has 156 valence electrons. The van der Waals surface area contributed by atoms with Crippen molar-refractivity contribution in [2.24, 2.45) is 0 Å². The van der Waals surface area contributed by atoms with Crippen LogP contribution in [0, 0.1) is 6.92 Å². The lowest BCUT2D eigenvalue weighted by atomic mass is 10.2. The van der Waals surface area contributed by atoms with Gasteiger partial charge in [-0.15, -0.1) is 11.3 Å². The van der Waals surface area contributed by atoms with Gasteiger partial charge in [-0.25, -0.2) is 4.98 Å². The van der Waals surface area contributed by atoms with Crippen LogP contribution in [0.2, 0.25) is 0 Å². The Morgan fingerprint density at radius 3 is 2.93 bits per heavy atom. The van der Waals surface area contributed by atoms with Gasteiger partial charge in [0.15, 0.2) is 16.6 Å². The molecule has 3 aromatic rings. The van der Waals surface area contributed by atoms with Crippen LogP contribution in [0.5, 0.6) is 17.2 Å². The van der Waals surface area contributed by atoms with Gasteiger partial charge in [0.2, 0.25) is 12.7 Å². The van der Waals surface area contributed by atoms with E-state index in [1.54, 1.807) is 36.6 Å². The van der Waals surface area contributed by atoms with Crippen molar-refractivity contribution >= 4 is 28.3 Å². The van der Waals surface area contributed by atoms with Gasteiger partial charge in [-0.1, -0.05) is 0 Å². The van der Waals surface area contributed by atoms with Crippen molar-refractivity contribution in [3.05, 3.63) is 52.9 Å². The van der Waals surface area contributed by atoms with Crippen LogP contribution in [-0.4, -0.2) is 36.7 Å². The van der Waals surface area contributed by atoms with Gasteiger partial charge in [0.25, 0.3) is 5.91 Å². The van der Waals surface area contributed by atoms with Crippen molar-refractivity contribution in [2.45, 2.75) is 13.3 Å². The molecule has 0 saturated carbocycles. The molecule has 0 saturated heterocycles. The number of aromatic nitrogens is 1. The fourth-order valence-electron chi connectivity index (χ4n) is 2.78. The molecule has 0 radical (unpaired) electrons. The number of furan rings is 1. The van der Waals surface area contributed by atoms with Gasteiger partial charge in [-0.3, -0.25) is 14.9 Å². The van der Waals surface area contributed by atoms with E-state index >= 15 is 0 Å².